The van der Waals surface area contributed by atoms with Gasteiger partial charge in [0.05, 0.1) is 6.10 Å². The highest BCUT2D eigenvalue weighted by atomic mass is 16.4. The Labute approximate surface area is 78.8 Å². The number of hydrogen-bond acceptors (Lipinski definition) is 2. The number of aliphatic hydroxyl groups is 1. The van der Waals surface area contributed by atoms with E-state index in [1.54, 1.807) is 0 Å². The standard InChI is InChI=1S/C10H18O3/c11-9-6-4-8(5-7-9)2-1-3-10(12)13/h8-9,11H,1-7H2,(H,12,13). The first-order valence-corrected chi connectivity index (χ1v) is 5.08. The molecular formula is C10H18O3. The van der Waals surface area contributed by atoms with Gasteiger partial charge in [-0.25, -0.2) is 0 Å². The highest BCUT2D eigenvalue weighted by Gasteiger charge is 2.18. The molecule has 1 saturated carbocycles. The molecular weight excluding hydrogens is 168 g/mol. The van der Waals surface area contributed by atoms with Crippen molar-refractivity contribution in [3.63, 3.8) is 0 Å². The molecule has 3 nitrogen and oxygen atoms in total. The third-order valence-corrected chi connectivity index (χ3v) is 2.82. The van der Waals surface area contributed by atoms with Gasteiger partial charge >= 0.3 is 5.97 Å². The third kappa shape index (κ3) is 4.27. The summed E-state index contributed by atoms with van der Waals surface area (Å²) in [4.78, 5) is 10.3. The second-order valence-corrected chi connectivity index (χ2v) is 3.96. The molecule has 76 valence electrons. The Balaban J connectivity index is 2.05. The number of aliphatic hydroxyl groups excluding tert-OH is 1. The van der Waals surface area contributed by atoms with Crippen molar-refractivity contribution >= 4 is 5.97 Å². The summed E-state index contributed by atoms with van der Waals surface area (Å²) in [6, 6.07) is 0. The fourth-order valence-electron chi connectivity index (χ4n) is 1.98. The lowest BCUT2D eigenvalue weighted by molar-refractivity contribution is -0.137. The van der Waals surface area contributed by atoms with Gasteiger partial charge in [0, 0.05) is 6.42 Å². The Hall–Kier alpha value is -0.570. The van der Waals surface area contributed by atoms with Crippen molar-refractivity contribution < 1.29 is 15.0 Å². The van der Waals surface area contributed by atoms with Crippen molar-refractivity contribution in [2.75, 3.05) is 0 Å². The monoisotopic (exact) mass is 186 g/mol. The third-order valence-electron chi connectivity index (χ3n) is 2.82. The van der Waals surface area contributed by atoms with Gasteiger partial charge in [-0.15, -0.1) is 0 Å². The average Bonchev–Trinajstić information content (AvgIpc) is 2.08. The molecule has 13 heavy (non-hydrogen) atoms. The van der Waals surface area contributed by atoms with Gasteiger partial charge in [-0.1, -0.05) is 0 Å². The Morgan fingerprint density at radius 3 is 2.38 bits per heavy atom. The molecule has 1 aliphatic rings. The normalized spacial score (nSPS) is 28.7. The number of carboxylic acids is 1. The fourth-order valence-corrected chi connectivity index (χ4v) is 1.98. The van der Waals surface area contributed by atoms with Gasteiger partial charge in [0.2, 0.25) is 0 Å². The molecule has 1 aliphatic carbocycles. The van der Waals surface area contributed by atoms with E-state index in [-0.39, 0.29) is 6.10 Å². The lowest BCUT2D eigenvalue weighted by Crippen LogP contribution is -2.18. The van der Waals surface area contributed by atoms with Crippen molar-refractivity contribution in [2.24, 2.45) is 5.92 Å². The minimum absolute atomic E-state index is 0.101. The maximum atomic E-state index is 10.3. The molecule has 1 fully saturated rings. The maximum Gasteiger partial charge on any atom is 0.303 e. The molecule has 0 radical (unpaired) electrons. The van der Waals surface area contributed by atoms with Gasteiger partial charge in [-0.05, 0) is 44.4 Å². The molecule has 0 saturated heterocycles. The molecule has 1 rings (SSSR count). The maximum absolute atomic E-state index is 10.3. The minimum atomic E-state index is -0.698. The van der Waals surface area contributed by atoms with Crippen LogP contribution in [0.5, 0.6) is 0 Å². The molecule has 0 aromatic carbocycles. The van der Waals surface area contributed by atoms with E-state index in [9.17, 15) is 9.90 Å². The second kappa shape index (κ2) is 5.22. The summed E-state index contributed by atoms with van der Waals surface area (Å²) >= 11 is 0. The highest BCUT2D eigenvalue weighted by Crippen LogP contribution is 2.27. The predicted octanol–water partition coefficient (Wildman–Crippen LogP) is 1.79. The first-order valence-electron chi connectivity index (χ1n) is 5.08. The first-order chi connectivity index (χ1) is 6.18. The van der Waals surface area contributed by atoms with Crippen LogP contribution < -0.4 is 0 Å². The minimum Gasteiger partial charge on any atom is -0.481 e. The zero-order chi connectivity index (χ0) is 9.68. The fraction of sp³-hybridized carbons (Fsp3) is 0.900. The molecule has 0 aliphatic heterocycles. The Morgan fingerprint density at radius 2 is 1.85 bits per heavy atom. The molecule has 0 amide bonds. The molecule has 2 N–H and O–H groups in total. The van der Waals surface area contributed by atoms with Crippen molar-refractivity contribution in [2.45, 2.75) is 51.0 Å². The van der Waals surface area contributed by atoms with Crippen molar-refractivity contribution in [3.05, 3.63) is 0 Å². The zero-order valence-corrected chi connectivity index (χ0v) is 7.91. The van der Waals surface area contributed by atoms with E-state index in [2.05, 4.69) is 0 Å². The number of rotatable bonds is 4. The van der Waals surface area contributed by atoms with E-state index in [4.69, 9.17) is 5.11 Å². The summed E-state index contributed by atoms with van der Waals surface area (Å²) in [7, 11) is 0. The van der Waals surface area contributed by atoms with Crippen LogP contribution in [0.15, 0.2) is 0 Å². The summed E-state index contributed by atoms with van der Waals surface area (Å²) in [5.74, 6) is -0.0430. The van der Waals surface area contributed by atoms with Crippen molar-refractivity contribution in [3.8, 4) is 0 Å². The van der Waals surface area contributed by atoms with Crippen LogP contribution in [0.4, 0.5) is 0 Å². The Morgan fingerprint density at radius 1 is 1.23 bits per heavy atom. The summed E-state index contributed by atoms with van der Waals surface area (Å²) < 4.78 is 0. The predicted molar refractivity (Wildman–Crippen MR) is 49.5 cm³/mol. The molecule has 0 heterocycles. The Bertz CT molecular complexity index is 160. The molecule has 0 atom stereocenters. The van der Waals surface area contributed by atoms with E-state index in [0.717, 1.165) is 38.5 Å². The lowest BCUT2D eigenvalue weighted by Gasteiger charge is -2.24. The largest absolute Gasteiger partial charge is 0.481 e. The van der Waals surface area contributed by atoms with Crippen LogP contribution in [0.2, 0.25) is 0 Å². The molecule has 0 unspecified atom stereocenters. The van der Waals surface area contributed by atoms with Crippen LogP contribution >= 0.6 is 0 Å². The van der Waals surface area contributed by atoms with Gasteiger partial charge in [0.1, 0.15) is 0 Å². The quantitative estimate of drug-likeness (QED) is 0.703. The summed E-state index contributed by atoms with van der Waals surface area (Å²) in [6.07, 6.45) is 5.93. The zero-order valence-electron chi connectivity index (χ0n) is 7.91. The highest BCUT2D eigenvalue weighted by molar-refractivity contribution is 5.66. The van der Waals surface area contributed by atoms with E-state index in [1.165, 1.54) is 0 Å². The second-order valence-electron chi connectivity index (χ2n) is 3.96. The van der Waals surface area contributed by atoms with Crippen molar-refractivity contribution in [1.29, 1.82) is 0 Å². The van der Waals surface area contributed by atoms with Gasteiger partial charge in [-0.3, -0.25) is 4.79 Å². The number of aliphatic carboxylic acids is 1. The summed E-state index contributed by atoms with van der Waals surface area (Å²) in [5.41, 5.74) is 0. The molecule has 3 heteroatoms. The van der Waals surface area contributed by atoms with Crippen LogP contribution in [-0.4, -0.2) is 22.3 Å². The molecule has 0 aromatic heterocycles. The van der Waals surface area contributed by atoms with Crippen LogP contribution in [0, 0.1) is 5.92 Å². The van der Waals surface area contributed by atoms with Crippen LogP contribution in [0.1, 0.15) is 44.9 Å². The topological polar surface area (TPSA) is 57.5 Å². The number of carbonyl (C=O) groups is 1. The SMILES string of the molecule is O=C(O)CCCC1CCC(O)CC1. The molecule has 0 bridgehead atoms. The van der Waals surface area contributed by atoms with E-state index in [1.807, 2.05) is 0 Å². The van der Waals surface area contributed by atoms with Crippen molar-refractivity contribution in [1.82, 2.24) is 0 Å². The van der Waals surface area contributed by atoms with Gasteiger partial charge in [0.15, 0.2) is 0 Å². The van der Waals surface area contributed by atoms with Crippen LogP contribution in [0.3, 0.4) is 0 Å². The van der Waals surface area contributed by atoms with Gasteiger partial charge in [0.25, 0.3) is 0 Å². The van der Waals surface area contributed by atoms with Gasteiger partial charge < -0.3 is 10.2 Å². The molecule has 0 aromatic rings. The molecule has 0 spiro atoms. The van der Waals surface area contributed by atoms with Crippen LogP contribution in [-0.2, 0) is 4.79 Å². The van der Waals surface area contributed by atoms with Gasteiger partial charge in [-0.2, -0.15) is 0 Å². The first kappa shape index (κ1) is 10.5. The average molecular weight is 186 g/mol. The number of carboxylic acid groups (broad SMARTS) is 1. The van der Waals surface area contributed by atoms with Crippen LogP contribution in [0.25, 0.3) is 0 Å². The Kier molecular flexibility index (Phi) is 4.22. The number of hydrogen-bond donors (Lipinski definition) is 2. The van der Waals surface area contributed by atoms with E-state index >= 15 is 0 Å². The van der Waals surface area contributed by atoms with E-state index < -0.39 is 5.97 Å². The smallest absolute Gasteiger partial charge is 0.303 e. The summed E-state index contributed by atoms with van der Waals surface area (Å²) in [6.45, 7) is 0. The summed E-state index contributed by atoms with van der Waals surface area (Å²) in [5, 5.41) is 17.7. The van der Waals surface area contributed by atoms with E-state index in [0.29, 0.717) is 12.3 Å². The lowest BCUT2D eigenvalue weighted by atomic mass is 9.84.